The van der Waals surface area contributed by atoms with Crippen molar-refractivity contribution < 1.29 is 4.42 Å². The Morgan fingerprint density at radius 2 is 2.14 bits per heavy atom. The number of fused-ring (bicyclic) bond motifs is 3. The van der Waals surface area contributed by atoms with Crippen molar-refractivity contribution in [3.63, 3.8) is 0 Å². The van der Waals surface area contributed by atoms with Gasteiger partial charge in [-0.1, -0.05) is 26.0 Å². The molecule has 2 aromatic heterocycles. The SMILES string of the molecule is CCc1nc(N2CCC[C@@H](C)C2)c2oc3ccccc3c2n1. The van der Waals surface area contributed by atoms with Gasteiger partial charge in [-0.25, -0.2) is 9.97 Å². The van der Waals surface area contributed by atoms with Crippen LogP contribution in [0, 0.1) is 5.92 Å². The van der Waals surface area contributed by atoms with E-state index in [-0.39, 0.29) is 0 Å². The molecule has 4 rings (SSSR count). The molecule has 0 spiro atoms. The minimum Gasteiger partial charge on any atom is -0.450 e. The second kappa shape index (κ2) is 5.27. The average Bonchev–Trinajstić information content (AvgIpc) is 2.92. The Morgan fingerprint density at radius 1 is 1.27 bits per heavy atom. The van der Waals surface area contributed by atoms with E-state index in [0.29, 0.717) is 5.92 Å². The Hall–Kier alpha value is -2.10. The van der Waals surface area contributed by atoms with Gasteiger partial charge < -0.3 is 9.32 Å². The molecule has 114 valence electrons. The fourth-order valence-electron chi connectivity index (χ4n) is 3.38. The molecule has 0 radical (unpaired) electrons. The van der Waals surface area contributed by atoms with Crippen LogP contribution in [0.1, 0.15) is 32.5 Å². The van der Waals surface area contributed by atoms with Crippen LogP contribution in [0.15, 0.2) is 28.7 Å². The van der Waals surface area contributed by atoms with Gasteiger partial charge in [0.2, 0.25) is 0 Å². The molecule has 4 heteroatoms. The minimum atomic E-state index is 0.702. The summed E-state index contributed by atoms with van der Waals surface area (Å²) in [6, 6.07) is 8.12. The molecule has 1 fully saturated rings. The first-order valence-corrected chi connectivity index (χ1v) is 8.19. The van der Waals surface area contributed by atoms with Crippen LogP contribution in [0.4, 0.5) is 5.82 Å². The van der Waals surface area contributed by atoms with Crippen molar-refractivity contribution in [1.82, 2.24) is 9.97 Å². The van der Waals surface area contributed by atoms with Crippen LogP contribution in [0.3, 0.4) is 0 Å². The average molecular weight is 295 g/mol. The maximum atomic E-state index is 6.10. The lowest BCUT2D eigenvalue weighted by molar-refractivity contribution is 0.443. The molecule has 0 aliphatic carbocycles. The van der Waals surface area contributed by atoms with E-state index in [1.807, 2.05) is 18.2 Å². The monoisotopic (exact) mass is 295 g/mol. The molecule has 22 heavy (non-hydrogen) atoms. The summed E-state index contributed by atoms with van der Waals surface area (Å²) < 4.78 is 6.10. The molecule has 1 saturated heterocycles. The van der Waals surface area contributed by atoms with Gasteiger partial charge in [-0.3, -0.25) is 0 Å². The number of para-hydroxylation sites is 1. The highest BCUT2D eigenvalue weighted by atomic mass is 16.3. The van der Waals surface area contributed by atoms with Gasteiger partial charge in [0.1, 0.15) is 16.9 Å². The summed E-state index contributed by atoms with van der Waals surface area (Å²) in [4.78, 5) is 11.9. The molecule has 0 N–H and O–H groups in total. The van der Waals surface area contributed by atoms with Gasteiger partial charge >= 0.3 is 0 Å². The zero-order valence-electron chi connectivity index (χ0n) is 13.2. The highest BCUT2D eigenvalue weighted by Crippen LogP contribution is 2.34. The van der Waals surface area contributed by atoms with Crippen molar-refractivity contribution in [1.29, 1.82) is 0 Å². The van der Waals surface area contributed by atoms with Gasteiger partial charge in [0.15, 0.2) is 11.4 Å². The summed E-state index contributed by atoms with van der Waals surface area (Å²) in [6.45, 7) is 6.51. The molecular formula is C18H21N3O. The Kier molecular flexibility index (Phi) is 3.25. The molecule has 0 amide bonds. The normalized spacial score (nSPS) is 19.2. The molecule has 3 heterocycles. The number of hydrogen-bond donors (Lipinski definition) is 0. The smallest absolute Gasteiger partial charge is 0.196 e. The number of rotatable bonds is 2. The fourth-order valence-corrected chi connectivity index (χ4v) is 3.38. The first-order chi connectivity index (χ1) is 10.8. The molecular weight excluding hydrogens is 274 g/mol. The first-order valence-electron chi connectivity index (χ1n) is 8.19. The largest absolute Gasteiger partial charge is 0.450 e. The Balaban J connectivity index is 1.95. The first kappa shape index (κ1) is 13.6. The van der Waals surface area contributed by atoms with E-state index < -0.39 is 0 Å². The van der Waals surface area contributed by atoms with Gasteiger partial charge in [0.05, 0.1) is 0 Å². The van der Waals surface area contributed by atoms with E-state index in [4.69, 9.17) is 14.4 Å². The summed E-state index contributed by atoms with van der Waals surface area (Å²) >= 11 is 0. The number of nitrogens with zero attached hydrogens (tertiary/aromatic N) is 3. The van der Waals surface area contributed by atoms with Gasteiger partial charge in [0, 0.05) is 24.9 Å². The fraction of sp³-hybridized carbons (Fsp3) is 0.444. The van der Waals surface area contributed by atoms with Gasteiger partial charge in [0.25, 0.3) is 0 Å². The van der Waals surface area contributed by atoms with Crippen molar-refractivity contribution in [3.05, 3.63) is 30.1 Å². The molecule has 3 aromatic rings. The molecule has 1 aliphatic heterocycles. The predicted molar refractivity (Wildman–Crippen MR) is 89.3 cm³/mol. The lowest BCUT2D eigenvalue weighted by Gasteiger charge is -2.31. The van der Waals surface area contributed by atoms with Crippen molar-refractivity contribution in [2.75, 3.05) is 18.0 Å². The highest BCUT2D eigenvalue weighted by molar-refractivity contribution is 6.05. The highest BCUT2D eigenvalue weighted by Gasteiger charge is 2.23. The summed E-state index contributed by atoms with van der Waals surface area (Å²) in [5, 5.41) is 1.08. The van der Waals surface area contributed by atoms with Crippen LogP contribution in [0.2, 0.25) is 0 Å². The van der Waals surface area contributed by atoms with Crippen molar-refractivity contribution in [3.8, 4) is 0 Å². The number of piperidine rings is 1. The number of hydrogen-bond acceptors (Lipinski definition) is 4. The maximum absolute atomic E-state index is 6.10. The molecule has 1 aromatic carbocycles. The lowest BCUT2D eigenvalue weighted by atomic mass is 10.0. The van der Waals surface area contributed by atoms with Crippen molar-refractivity contribution in [2.45, 2.75) is 33.1 Å². The molecule has 0 bridgehead atoms. The maximum Gasteiger partial charge on any atom is 0.196 e. The minimum absolute atomic E-state index is 0.702. The predicted octanol–water partition coefficient (Wildman–Crippen LogP) is 4.17. The standard InChI is InChI=1S/C18H21N3O/c1-3-15-19-16-13-8-4-5-9-14(13)22-17(16)18(20-15)21-10-6-7-12(2)11-21/h4-5,8-9,12H,3,6-7,10-11H2,1-2H3/t12-/m1/s1. The Bertz CT molecular complexity index is 824. The van der Waals surface area contributed by atoms with Crippen LogP contribution >= 0.6 is 0 Å². The summed E-state index contributed by atoms with van der Waals surface area (Å²) in [7, 11) is 0. The molecule has 0 unspecified atom stereocenters. The van der Waals surface area contributed by atoms with E-state index >= 15 is 0 Å². The van der Waals surface area contributed by atoms with Crippen molar-refractivity contribution >= 4 is 27.9 Å². The van der Waals surface area contributed by atoms with Gasteiger partial charge in [-0.2, -0.15) is 0 Å². The van der Waals surface area contributed by atoms with E-state index in [0.717, 1.165) is 53.2 Å². The second-order valence-electron chi connectivity index (χ2n) is 6.29. The molecule has 1 aliphatic rings. The van der Waals surface area contributed by atoms with Crippen LogP contribution in [-0.4, -0.2) is 23.1 Å². The second-order valence-corrected chi connectivity index (χ2v) is 6.29. The van der Waals surface area contributed by atoms with Gasteiger partial charge in [-0.05, 0) is 30.9 Å². The lowest BCUT2D eigenvalue weighted by Crippen LogP contribution is -2.35. The number of furan rings is 1. The van der Waals surface area contributed by atoms with E-state index in [1.165, 1.54) is 12.8 Å². The topological polar surface area (TPSA) is 42.2 Å². The third-order valence-corrected chi connectivity index (χ3v) is 4.52. The molecule has 1 atom stereocenters. The molecule has 4 nitrogen and oxygen atoms in total. The zero-order valence-corrected chi connectivity index (χ0v) is 13.2. The Morgan fingerprint density at radius 3 is 2.95 bits per heavy atom. The third-order valence-electron chi connectivity index (χ3n) is 4.52. The van der Waals surface area contributed by atoms with Gasteiger partial charge in [-0.15, -0.1) is 0 Å². The summed E-state index contributed by atoms with van der Waals surface area (Å²) in [6.07, 6.45) is 3.35. The number of benzene rings is 1. The Labute approximate surface area is 130 Å². The van der Waals surface area contributed by atoms with Crippen LogP contribution in [0.25, 0.3) is 22.1 Å². The van der Waals surface area contributed by atoms with Crippen LogP contribution < -0.4 is 4.90 Å². The van der Waals surface area contributed by atoms with E-state index in [9.17, 15) is 0 Å². The summed E-state index contributed by atoms with van der Waals surface area (Å²) in [5.74, 6) is 2.57. The van der Waals surface area contributed by atoms with Crippen LogP contribution in [0.5, 0.6) is 0 Å². The van der Waals surface area contributed by atoms with Crippen LogP contribution in [-0.2, 0) is 6.42 Å². The van der Waals surface area contributed by atoms with Crippen molar-refractivity contribution in [2.24, 2.45) is 5.92 Å². The quantitative estimate of drug-likeness (QED) is 0.711. The number of aromatic nitrogens is 2. The summed E-state index contributed by atoms with van der Waals surface area (Å²) in [5.41, 5.74) is 2.69. The third kappa shape index (κ3) is 2.14. The number of anilines is 1. The zero-order chi connectivity index (χ0) is 15.1. The van der Waals surface area contributed by atoms with E-state index in [1.54, 1.807) is 0 Å². The number of aryl methyl sites for hydroxylation is 1. The molecule has 0 saturated carbocycles. The van der Waals surface area contributed by atoms with E-state index in [2.05, 4.69) is 24.8 Å².